The third kappa shape index (κ3) is 3.01. The highest BCUT2D eigenvalue weighted by molar-refractivity contribution is 6.09. The van der Waals surface area contributed by atoms with Gasteiger partial charge in [-0.3, -0.25) is 14.0 Å². The Morgan fingerprint density at radius 1 is 0.929 bits per heavy atom. The Morgan fingerprint density at radius 2 is 1.75 bits per heavy atom. The lowest BCUT2D eigenvalue weighted by atomic mass is 10.0. The van der Waals surface area contributed by atoms with Gasteiger partial charge in [0.15, 0.2) is 17.3 Å². The molecular weight excluding hydrogens is 366 g/mol. The molecule has 8 heteroatoms. The van der Waals surface area contributed by atoms with E-state index in [2.05, 4.69) is 10.2 Å². The van der Waals surface area contributed by atoms with E-state index in [4.69, 9.17) is 5.73 Å². The zero-order chi connectivity index (χ0) is 19.8. The number of fused-ring (bicyclic) bond motifs is 1. The minimum Gasteiger partial charge on any atom is -0.366 e. The molecule has 28 heavy (non-hydrogen) atoms. The van der Waals surface area contributed by atoms with Gasteiger partial charge in [-0.15, -0.1) is 10.2 Å². The number of primary amides is 1. The number of pyridine rings is 1. The van der Waals surface area contributed by atoms with E-state index >= 15 is 0 Å². The first-order valence-electron chi connectivity index (χ1n) is 8.19. The number of rotatable bonds is 4. The molecule has 2 N–H and O–H groups in total. The van der Waals surface area contributed by atoms with Crippen molar-refractivity contribution in [1.82, 2.24) is 14.6 Å². The van der Waals surface area contributed by atoms with Crippen molar-refractivity contribution < 1.29 is 18.4 Å². The molecule has 2 aromatic heterocycles. The van der Waals surface area contributed by atoms with Crippen LogP contribution in [-0.4, -0.2) is 26.3 Å². The molecule has 0 saturated heterocycles. The van der Waals surface area contributed by atoms with E-state index in [1.807, 2.05) is 0 Å². The molecule has 2 aromatic carbocycles. The Labute approximate surface area is 157 Å². The smallest absolute Gasteiger partial charge is 0.248 e. The second kappa shape index (κ2) is 6.66. The van der Waals surface area contributed by atoms with Crippen molar-refractivity contribution in [3.8, 4) is 11.4 Å². The summed E-state index contributed by atoms with van der Waals surface area (Å²) in [4.78, 5) is 24.1. The summed E-state index contributed by atoms with van der Waals surface area (Å²) < 4.78 is 28.6. The van der Waals surface area contributed by atoms with Gasteiger partial charge in [-0.2, -0.15) is 0 Å². The molecule has 138 valence electrons. The number of hydrogen-bond acceptors (Lipinski definition) is 4. The summed E-state index contributed by atoms with van der Waals surface area (Å²) >= 11 is 0. The first kappa shape index (κ1) is 17.5. The van der Waals surface area contributed by atoms with Crippen molar-refractivity contribution in [3.63, 3.8) is 0 Å². The van der Waals surface area contributed by atoms with Crippen LogP contribution >= 0.6 is 0 Å². The van der Waals surface area contributed by atoms with Crippen molar-refractivity contribution in [2.75, 3.05) is 0 Å². The van der Waals surface area contributed by atoms with Gasteiger partial charge in [0.1, 0.15) is 11.6 Å². The summed E-state index contributed by atoms with van der Waals surface area (Å²) in [5.41, 5.74) is 6.57. The van der Waals surface area contributed by atoms with Crippen molar-refractivity contribution in [2.24, 2.45) is 5.73 Å². The molecule has 4 rings (SSSR count). The van der Waals surface area contributed by atoms with E-state index in [-0.39, 0.29) is 11.1 Å². The Hall–Kier alpha value is -3.94. The Bertz CT molecular complexity index is 1250. The molecule has 0 spiro atoms. The van der Waals surface area contributed by atoms with Gasteiger partial charge in [-0.1, -0.05) is 12.1 Å². The summed E-state index contributed by atoms with van der Waals surface area (Å²) in [5, 5.41) is 8.13. The SMILES string of the molecule is NC(=O)c1cccc(-c2nnc3ccc(C(=O)c4ccc(F)cc4F)cn23)c1. The number of halogens is 2. The molecule has 0 unspecified atom stereocenters. The van der Waals surface area contributed by atoms with E-state index in [0.717, 1.165) is 12.1 Å². The van der Waals surface area contributed by atoms with Crippen molar-refractivity contribution in [2.45, 2.75) is 0 Å². The van der Waals surface area contributed by atoms with Crippen LogP contribution in [0.25, 0.3) is 17.0 Å². The molecule has 6 nitrogen and oxygen atoms in total. The fraction of sp³-hybridized carbons (Fsp3) is 0. The zero-order valence-electron chi connectivity index (χ0n) is 14.3. The number of hydrogen-bond donors (Lipinski definition) is 1. The standard InChI is InChI=1S/C20H12F2N4O2/c21-14-5-6-15(16(22)9-14)18(27)13-4-7-17-24-25-20(26(17)10-13)12-3-1-2-11(8-12)19(23)28/h1-10H,(H2,23,28). The summed E-state index contributed by atoms with van der Waals surface area (Å²) in [6.45, 7) is 0. The van der Waals surface area contributed by atoms with Gasteiger partial charge in [-0.25, -0.2) is 8.78 Å². The van der Waals surface area contributed by atoms with Gasteiger partial charge >= 0.3 is 0 Å². The van der Waals surface area contributed by atoms with Crippen LogP contribution in [0.3, 0.4) is 0 Å². The van der Waals surface area contributed by atoms with Crippen molar-refractivity contribution in [1.29, 1.82) is 0 Å². The third-order valence-electron chi connectivity index (χ3n) is 4.25. The van der Waals surface area contributed by atoms with Crippen LogP contribution in [0.5, 0.6) is 0 Å². The fourth-order valence-electron chi connectivity index (χ4n) is 2.86. The maximum atomic E-state index is 14.0. The second-order valence-electron chi connectivity index (χ2n) is 6.07. The summed E-state index contributed by atoms with van der Waals surface area (Å²) in [7, 11) is 0. The largest absolute Gasteiger partial charge is 0.366 e. The van der Waals surface area contributed by atoms with Gasteiger partial charge in [-0.05, 0) is 36.4 Å². The molecular formula is C20H12F2N4O2. The molecule has 4 aromatic rings. The highest BCUT2D eigenvalue weighted by atomic mass is 19.1. The van der Waals surface area contributed by atoms with Crippen molar-refractivity contribution in [3.05, 3.63) is 89.1 Å². The number of nitrogens with zero attached hydrogens (tertiary/aromatic N) is 3. The Kier molecular flexibility index (Phi) is 4.15. The third-order valence-corrected chi connectivity index (χ3v) is 4.25. The van der Waals surface area contributed by atoms with Crippen LogP contribution in [0.4, 0.5) is 8.78 Å². The fourth-order valence-corrected chi connectivity index (χ4v) is 2.86. The van der Waals surface area contributed by atoms with Crippen LogP contribution in [0.15, 0.2) is 60.8 Å². The minimum absolute atomic E-state index is 0.171. The molecule has 0 aliphatic rings. The second-order valence-corrected chi connectivity index (χ2v) is 6.07. The molecule has 0 atom stereocenters. The number of carbonyl (C=O) groups excluding carboxylic acids is 2. The molecule has 0 saturated carbocycles. The predicted octanol–water partition coefficient (Wildman–Crippen LogP) is 3.00. The van der Waals surface area contributed by atoms with Crippen molar-refractivity contribution >= 4 is 17.3 Å². The lowest BCUT2D eigenvalue weighted by Crippen LogP contribution is -2.10. The van der Waals surface area contributed by atoms with Gasteiger partial charge < -0.3 is 5.73 Å². The monoisotopic (exact) mass is 378 g/mol. The number of amides is 1. The number of benzene rings is 2. The zero-order valence-corrected chi connectivity index (χ0v) is 14.3. The predicted molar refractivity (Wildman–Crippen MR) is 96.7 cm³/mol. The Morgan fingerprint density at radius 3 is 2.50 bits per heavy atom. The maximum absolute atomic E-state index is 14.0. The molecule has 0 aliphatic carbocycles. The molecule has 0 fully saturated rings. The highest BCUT2D eigenvalue weighted by Gasteiger charge is 2.17. The maximum Gasteiger partial charge on any atom is 0.248 e. The van der Waals surface area contributed by atoms with Crippen LogP contribution in [-0.2, 0) is 0 Å². The average molecular weight is 378 g/mol. The molecule has 0 radical (unpaired) electrons. The average Bonchev–Trinajstić information content (AvgIpc) is 3.11. The van der Waals surface area contributed by atoms with Crippen LogP contribution in [0.2, 0.25) is 0 Å². The molecule has 0 aliphatic heterocycles. The molecule has 1 amide bonds. The highest BCUT2D eigenvalue weighted by Crippen LogP contribution is 2.22. The summed E-state index contributed by atoms with van der Waals surface area (Å²) in [6.07, 6.45) is 1.47. The van der Waals surface area contributed by atoms with E-state index < -0.39 is 23.3 Å². The van der Waals surface area contributed by atoms with Gasteiger partial charge in [0.2, 0.25) is 5.91 Å². The summed E-state index contributed by atoms with van der Waals surface area (Å²) in [5.74, 6) is -2.52. The number of ketones is 1. The molecule has 0 bridgehead atoms. The lowest BCUT2D eigenvalue weighted by molar-refractivity contribution is 0.0998. The first-order chi connectivity index (χ1) is 13.4. The van der Waals surface area contributed by atoms with Crippen LogP contribution in [0, 0.1) is 11.6 Å². The number of nitrogens with two attached hydrogens (primary N) is 1. The lowest BCUT2D eigenvalue weighted by Gasteiger charge is -2.06. The van der Waals surface area contributed by atoms with E-state index in [9.17, 15) is 18.4 Å². The normalized spacial score (nSPS) is 10.9. The van der Waals surface area contributed by atoms with E-state index in [1.54, 1.807) is 34.7 Å². The molecule has 2 heterocycles. The van der Waals surface area contributed by atoms with Gasteiger partial charge in [0, 0.05) is 29.0 Å². The number of aromatic nitrogens is 3. The van der Waals surface area contributed by atoms with E-state index in [1.165, 1.54) is 12.3 Å². The Balaban J connectivity index is 1.81. The van der Waals surface area contributed by atoms with Gasteiger partial charge in [0.25, 0.3) is 0 Å². The topological polar surface area (TPSA) is 90.3 Å². The quantitative estimate of drug-likeness (QED) is 0.553. The van der Waals surface area contributed by atoms with Crippen LogP contribution < -0.4 is 5.73 Å². The summed E-state index contributed by atoms with van der Waals surface area (Å²) in [6, 6.07) is 12.3. The van der Waals surface area contributed by atoms with Crippen LogP contribution in [0.1, 0.15) is 26.3 Å². The first-order valence-corrected chi connectivity index (χ1v) is 8.19. The van der Waals surface area contributed by atoms with Gasteiger partial charge in [0.05, 0.1) is 5.56 Å². The van der Waals surface area contributed by atoms with E-state index in [0.29, 0.717) is 28.7 Å². The number of carbonyl (C=O) groups is 2. The minimum atomic E-state index is -0.941.